The maximum atomic E-state index is 12.5. The Morgan fingerprint density at radius 1 is 1.26 bits per heavy atom. The van der Waals surface area contributed by atoms with E-state index in [4.69, 9.17) is 9.15 Å². The summed E-state index contributed by atoms with van der Waals surface area (Å²) in [5, 5.41) is 7.57. The van der Waals surface area contributed by atoms with Gasteiger partial charge in [-0.3, -0.25) is 9.89 Å². The van der Waals surface area contributed by atoms with Crippen molar-refractivity contribution in [3.8, 4) is 5.75 Å². The number of ether oxygens (including phenoxy) is 1. The average molecular weight is 369 g/mol. The van der Waals surface area contributed by atoms with Gasteiger partial charge in [-0.05, 0) is 43.5 Å². The zero-order chi connectivity index (χ0) is 19.6. The molecule has 27 heavy (non-hydrogen) atoms. The number of aromatic amines is 1. The van der Waals surface area contributed by atoms with Crippen molar-refractivity contribution in [2.75, 3.05) is 13.7 Å². The van der Waals surface area contributed by atoms with E-state index < -0.39 is 0 Å². The number of nitrogens with zero attached hydrogens (tertiary/aromatic N) is 2. The standard InChI is InChI=1S/C20H23N3O4/c1-5-14-8-19(25)27-17-7-12(2)6-16(20(14)17)26-11-18(24)23(4)10-15-9-21-22-13(15)3/h6-9H,5,10-11H2,1-4H3,(H,21,22). The van der Waals surface area contributed by atoms with Crippen LogP contribution in [-0.2, 0) is 17.8 Å². The first-order valence-electron chi connectivity index (χ1n) is 8.82. The van der Waals surface area contributed by atoms with Gasteiger partial charge < -0.3 is 14.1 Å². The normalized spacial score (nSPS) is 11.0. The van der Waals surface area contributed by atoms with Crippen LogP contribution in [0.15, 0.2) is 33.6 Å². The Hall–Kier alpha value is -3.09. The van der Waals surface area contributed by atoms with E-state index in [-0.39, 0.29) is 18.1 Å². The van der Waals surface area contributed by atoms with E-state index in [2.05, 4.69) is 10.2 Å². The van der Waals surface area contributed by atoms with Crippen LogP contribution in [0.3, 0.4) is 0 Å². The smallest absolute Gasteiger partial charge is 0.336 e. The van der Waals surface area contributed by atoms with E-state index in [1.165, 1.54) is 6.07 Å². The predicted molar refractivity (Wildman–Crippen MR) is 102 cm³/mol. The first-order valence-corrected chi connectivity index (χ1v) is 8.82. The van der Waals surface area contributed by atoms with Crippen LogP contribution in [-0.4, -0.2) is 34.7 Å². The maximum Gasteiger partial charge on any atom is 0.336 e. The summed E-state index contributed by atoms with van der Waals surface area (Å²) in [7, 11) is 1.73. The summed E-state index contributed by atoms with van der Waals surface area (Å²) in [6.07, 6.45) is 2.37. The van der Waals surface area contributed by atoms with Gasteiger partial charge in [0.1, 0.15) is 11.3 Å². The second-order valence-corrected chi connectivity index (χ2v) is 6.64. The Labute approximate surface area is 156 Å². The molecule has 0 spiro atoms. The van der Waals surface area contributed by atoms with Crippen molar-refractivity contribution < 1.29 is 13.9 Å². The fourth-order valence-corrected chi connectivity index (χ4v) is 2.99. The minimum atomic E-state index is -0.387. The Morgan fingerprint density at radius 2 is 2.04 bits per heavy atom. The molecular formula is C20H23N3O4. The summed E-state index contributed by atoms with van der Waals surface area (Å²) in [5.74, 6) is 0.396. The molecule has 0 unspecified atom stereocenters. The van der Waals surface area contributed by atoms with Crippen LogP contribution < -0.4 is 10.4 Å². The van der Waals surface area contributed by atoms with E-state index >= 15 is 0 Å². The number of H-pyrrole nitrogens is 1. The average Bonchev–Trinajstić information content (AvgIpc) is 3.02. The van der Waals surface area contributed by atoms with Crippen molar-refractivity contribution in [1.82, 2.24) is 15.1 Å². The highest BCUT2D eigenvalue weighted by molar-refractivity contribution is 5.88. The van der Waals surface area contributed by atoms with E-state index in [9.17, 15) is 9.59 Å². The molecule has 0 aliphatic rings. The maximum absolute atomic E-state index is 12.5. The van der Waals surface area contributed by atoms with Crippen molar-refractivity contribution in [2.24, 2.45) is 0 Å². The van der Waals surface area contributed by atoms with Crippen LogP contribution in [0.1, 0.15) is 29.3 Å². The molecule has 0 atom stereocenters. The molecule has 0 aliphatic carbocycles. The number of hydrogen-bond acceptors (Lipinski definition) is 5. The summed E-state index contributed by atoms with van der Waals surface area (Å²) >= 11 is 0. The number of hydrogen-bond donors (Lipinski definition) is 1. The molecule has 2 aromatic heterocycles. The van der Waals surface area contributed by atoms with E-state index in [0.29, 0.717) is 24.3 Å². The third-order valence-corrected chi connectivity index (χ3v) is 4.53. The van der Waals surface area contributed by atoms with Gasteiger partial charge in [-0.2, -0.15) is 5.10 Å². The van der Waals surface area contributed by atoms with Crippen molar-refractivity contribution in [3.05, 3.63) is 57.2 Å². The van der Waals surface area contributed by atoms with Gasteiger partial charge in [-0.15, -0.1) is 0 Å². The lowest BCUT2D eigenvalue weighted by molar-refractivity contribution is -0.132. The van der Waals surface area contributed by atoms with Gasteiger partial charge in [0.25, 0.3) is 5.91 Å². The van der Waals surface area contributed by atoms with Gasteiger partial charge in [-0.1, -0.05) is 6.92 Å². The van der Waals surface area contributed by atoms with E-state index in [1.807, 2.05) is 26.8 Å². The summed E-state index contributed by atoms with van der Waals surface area (Å²) in [6, 6.07) is 5.13. The molecule has 3 rings (SSSR count). The summed E-state index contributed by atoms with van der Waals surface area (Å²) < 4.78 is 11.2. The molecule has 142 valence electrons. The summed E-state index contributed by atoms with van der Waals surface area (Å²) in [5.41, 5.74) is 3.71. The lowest BCUT2D eigenvalue weighted by Gasteiger charge is -2.18. The number of aromatic nitrogens is 2. The predicted octanol–water partition coefficient (Wildman–Crippen LogP) is 2.73. The fraction of sp³-hybridized carbons (Fsp3) is 0.350. The van der Waals surface area contributed by atoms with Gasteiger partial charge >= 0.3 is 5.63 Å². The minimum Gasteiger partial charge on any atom is -0.483 e. The number of benzene rings is 1. The minimum absolute atomic E-state index is 0.103. The zero-order valence-electron chi connectivity index (χ0n) is 16.0. The first-order chi connectivity index (χ1) is 12.9. The fourth-order valence-electron chi connectivity index (χ4n) is 2.99. The van der Waals surface area contributed by atoms with Crippen LogP contribution in [0.25, 0.3) is 11.0 Å². The molecule has 0 fully saturated rings. The summed E-state index contributed by atoms with van der Waals surface area (Å²) in [6.45, 7) is 6.11. The van der Waals surface area contributed by atoms with Crippen molar-refractivity contribution in [1.29, 1.82) is 0 Å². The molecule has 0 bridgehead atoms. The molecule has 7 heteroatoms. The SMILES string of the molecule is CCc1cc(=O)oc2cc(C)cc(OCC(=O)N(C)Cc3cn[nH]c3C)c12. The van der Waals surface area contributed by atoms with E-state index in [0.717, 1.165) is 27.8 Å². The first kappa shape index (κ1) is 18.7. The van der Waals surface area contributed by atoms with Crippen LogP contribution in [0.4, 0.5) is 0 Å². The number of fused-ring (bicyclic) bond motifs is 1. The van der Waals surface area contributed by atoms with Gasteiger partial charge in [-0.25, -0.2) is 4.79 Å². The van der Waals surface area contributed by atoms with Crippen LogP contribution in [0.2, 0.25) is 0 Å². The highest BCUT2D eigenvalue weighted by Gasteiger charge is 2.16. The topological polar surface area (TPSA) is 88.4 Å². The van der Waals surface area contributed by atoms with Gasteiger partial charge in [0.05, 0.1) is 11.6 Å². The lowest BCUT2D eigenvalue weighted by atomic mass is 10.1. The Kier molecular flexibility index (Phi) is 5.30. The molecule has 1 amide bonds. The van der Waals surface area contributed by atoms with Gasteiger partial charge in [0.15, 0.2) is 6.61 Å². The number of nitrogens with one attached hydrogen (secondary N) is 1. The highest BCUT2D eigenvalue weighted by atomic mass is 16.5. The van der Waals surface area contributed by atoms with Crippen molar-refractivity contribution in [2.45, 2.75) is 33.7 Å². The number of carbonyl (C=O) groups is 1. The van der Waals surface area contributed by atoms with Gasteiger partial charge in [0, 0.05) is 30.9 Å². The molecule has 1 aromatic carbocycles. The molecule has 3 aromatic rings. The molecule has 0 saturated heterocycles. The second kappa shape index (κ2) is 7.65. The number of carbonyl (C=O) groups excluding carboxylic acids is 1. The van der Waals surface area contributed by atoms with Crippen molar-refractivity contribution >= 4 is 16.9 Å². The van der Waals surface area contributed by atoms with Crippen molar-refractivity contribution in [3.63, 3.8) is 0 Å². The van der Waals surface area contributed by atoms with Crippen LogP contribution in [0, 0.1) is 13.8 Å². The number of aryl methyl sites for hydroxylation is 3. The Balaban J connectivity index is 1.81. The largest absolute Gasteiger partial charge is 0.483 e. The molecule has 2 heterocycles. The van der Waals surface area contributed by atoms with Gasteiger partial charge in [0.2, 0.25) is 0 Å². The molecule has 0 saturated carbocycles. The van der Waals surface area contributed by atoms with Crippen LogP contribution in [0.5, 0.6) is 5.75 Å². The molecule has 0 aliphatic heterocycles. The molecule has 0 radical (unpaired) electrons. The quantitative estimate of drug-likeness (QED) is 0.675. The number of rotatable bonds is 6. The van der Waals surface area contributed by atoms with E-state index in [1.54, 1.807) is 24.2 Å². The molecule has 7 nitrogen and oxygen atoms in total. The lowest BCUT2D eigenvalue weighted by Crippen LogP contribution is -2.31. The van der Waals surface area contributed by atoms with Crippen LogP contribution >= 0.6 is 0 Å². The molecular weight excluding hydrogens is 346 g/mol. The Bertz CT molecular complexity index is 1040. The second-order valence-electron chi connectivity index (χ2n) is 6.64. The monoisotopic (exact) mass is 369 g/mol. The summed E-state index contributed by atoms with van der Waals surface area (Å²) in [4.78, 5) is 25.8. The molecule has 1 N–H and O–H groups in total. The highest BCUT2D eigenvalue weighted by Crippen LogP contribution is 2.30. The zero-order valence-corrected chi connectivity index (χ0v) is 16.0. The third kappa shape index (κ3) is 4.02. The number of likely N-dealkylation sites (N-methyl/N-ethyl adjacent to an activating group) is 1. The Morgan fingerprint density at radius 3 is 2.70 bits per heavy atom. The number of amides is 1. The third-order valence-electron chi connectivity index (χ3n) is 4.53.